The van der Waals surface area contributed by atoms with Gasteiger partial charge in [-0.25, -0.2) is 0 Å². The number of aromatic nitrogens is 1. The van der Waals surface area contributed by atoms with Gasteiger partial charge in [0.05, 0.1) is 10.6 Å². The standard InChI is InChI=1S/C12H17ClN2OS/c1-17-8-4-2-3-6-15-12(16)10-5-7-14-9-11(10)13/h5,7,9H,2-4,6,8H2,1H3,(H,15,16). The highest BCUT2D eigenvalue weighted by Crippen LogP contribution is 2.12. The summed E-state index contributed by atoms with van der Waals surface area (Å²) in [5.74, 6) is 1.06. The molecule has 0 fully saturated rings. The summed E-state index contributed by atoms with van der Waals surface area (Å²) in [6, 6.07) is 1.63. The molecule has 0 bridgehead atoms. The van der Waals surface area contributed by atoms with E-state index >= 15 is 0 Å². The molecular weight excluding hydrogens is 256 g/mol. The smallest absolute Gasteiger partial charge is 0.252 e. The summed E-state index contributed by atoms with van der Waals surface area (Å²) in [4.78, 5) is 15.6. The van der Waals surface area contributed by atoms with Gasteiger partial charge < -0.3 is 5.32 Å². The van der Waals surface area contributed by atoms with E-state index in [0.29, 0.717) is 17.1 Å². The summed E-state index contributed by atoms with van der Waals surface area (Å²) in [6.07, 6.45) is 8.51. The van der Waals surface area contributed by atoms with Crippen molar-refractivity contribution >= 4 is 29.3 Å². The molecule has 1 N–H and O–H groups in total. The van der Waals surface area contributed by atoms with Gasteiger partial charge in [0.2, 0.25) is 0 Å². The van der Waals surface area contributed by atoms with E-state index in [9.17, 15) is 4.79 Å². The molecule has 1 amide bonds. The van der Waals surface area contributed by atoms with Gasteiger partial charge in [-0.3, -0.25) is 9.78 Å². The van der Waals surface area contributed by atoms with Gasteiger partial charge in [0.1, 0.15) is 0 Å². The average molecular weight is 273 g/mol. The Bertz CT molecular complexity index is 360. The molecule has 0 aromatic carbocycles. The molecular formula is C12H17ClN2OS. The maximum atomic E-state index is 11.7. The second-order valence-electron chi connectivity index (χ2n) is 3.66. The Hall–Kier alpha value is -0.740. The quantitative estimate of drug-likeness (QED) is 0.776. The second-order valence-corrected chi connectivity index (χ2v) is 5.06. The lowest BCUT2D eigenvalue weighted by Gasteiger charge is -2.06. The highest BCUT2D eigenvalue weighted by molar-refractivity contribution is 7.98. The first kappa shape index (κ1) is 14.3. The van der Waals surface area contributed by atoms with Crippen LogP contribution in [0.1, 0.15) is 29.6 Å². The van der Waals surface area contributed by atoms with Crippen molar-refractivity contribution in [2.45, 2.75) is 19.3 Å². The van der Waals surface area contributed by atoms with Crippen LogP contribution in [0.5, 0.6) is 0 Å². The number of carbonyl (C=O) groups is 1. The first-order valence-corrected chi connectivity index (χ1v) is 7.39. The third-order valence-corrected chi connectivity index (χ3v) is 3.33. The van der Waals surface area contributed by atoms with E-state index in [-0.39, 0.29) is 5.91 Å². The fourth-order valence-electron chi connectivity index (χ4n) is 1.40. The molecule has 3 nitrogen and oxygen atoms in total. The largest absolute Gasteiger partial charge is 0.352 e. The van der Waals surface area contributed by atoms with Crippen LogP contribution < -0.4 is 5.32 Å². The topological polar surface area (TPSA) is 42.0 Å². The van der Waals surface area contributed by atoms with Gasteiger partial charge in [-0.2, -0.15) is 11.8 Å². The number of halogens is 1. The Morgan fingerprint density at radius 3 is 3.00 bits per heavy atom. The minimum absolute atomic E-state index is 0.123. The van der Waals surface area contributed by atoms with Crippen molar-refractivity contribution in [1.82, 2.24) is 10.3 Å². The maximum absolute atomic E-state index is 11.7. The fraction of sp³-hybridized carbons (Fsp3) is 0.500. The van der Waals surface area contributed by atoms with Crippen molar-refractivity contribution in [3.8, 4) is 0 Å². The third-order valence-electron chi connectivity index (χ3n) is 2.33. The molecule has 94 valence electrons. The van der Waals surface area contributed by atoms with Crippen LogP contribution in [0.15, 0.2) is 18.5 Å². The number of unbranched alkanes of at least 4 members (excludes halogenated alkanes) is 2. The number of carbonyl (C=O) groups excluding carboxylic acids is 1. The van der Waals surface area contributed by atoms with Gasteiger partial charge in [-0.05, 0) is 30.9 Å². The summed E-state index contributed by atoms with van der Waals surface area (Å²) >= 11 is 7.73. The molecule has 0 spiro atoms. The molecule has 0 atom stereocenters. The van der Waals surface area contributed by atoms with Crippen LogP contribution in [-0.2, 0) is 0 Å². The molecule has 0 aliphatic heterocycles. The molecule has 0 aliphatic carbocycles. The van der Waals surface area contributed by atoms with Crippen LogP contribution in [0.2, 0.25) is 5.02 Å². The molecule has 1 heterocycles. The zero-order chi connectivity index (χ0) is 12.5. The highest BCUT2D eigenvalue weighted by atomic mass is 35.5. The number of pyridine rings is 1. The number of thioether (sulfide) groups is 1. The lowest BCUT2D eigenvalue weighted by atomic mass is 10.2. The lowest BCUT2D eigenvalue weighted by molar-refractivity contribution is 0.0953. The van der Waals surface area contributed by atoms with E-state index in [1.807, 2.05) is 11.8 Å². The summed E-state index contributed by atoms with van der Waals surface area (Å²) in [7, 11) is 0. The van der Waals surface area contributed by atoms with Crippen LogP contribution in [-0.4, -0.2) is 29.4 Å². The van der Waals surface area contributed by atoms with E-state index in [1.54, 1.807) is 12.3 Å². The Balaban J connectivity index is 2.24. The van der Waals surface area contributed by atoms with Crippen molar-refractivity contribution in [2.24, 2.45) is 0 Å². The summed E-state index contributed by atoms with van der Waals surface area (Å²) in [5.41, 5.74) is 0.491. The van der Waals surface area contributed by atoms with E-state index in [2.05, 4.69) is 16.6 Å². The number of nitrogens with one attached hydrogen (secondary N) is 1. The Morgan fingerprint density at radius 2 is 2.29 bits per heavy atom. The van der Waals surface area contributed by atoms with E-state index < -0.39 is 0 Å². The summed E-state index contributed by atoms with van der Waals surface area (Å²) in [6.45, 7) is 0.700. The fourth-order valence-corrected chi connectivity index (χ4v) is 2.10. The van der Waals surface area contributed by atoms with Gasteiger partial charge in [-0.1, -0.05) is 18.0 Å². The minimum atomic E-state index is -0.123. The molecule has 1 aromatic heterocycles. The Kier molecular flexibility index (Phi) is 7.05. The molecule has 0 unspecified atom stereocenters. The normalized spacial score (nSPS) is 10.2. The van der Waals surface area contributed by atoms with Crippen molar-refractivity contribution in [3.63, 3.8) is 0 Å². The molecule has 1 aromatic rings. The molecule has 0 aliphatic rings. The van der Waals surface area contributed by atoms with Gasteiger partial charge in [0.25, 0.3) is 5.91 Å². The number of hydrogen-bond donors (Lipinski definition) is 1. The zero-order valence-corrected chi connectivity index (χ0v) is 11.5. The van der Waals surface area contributed by atoms with Crippen LogP contribution in [0, 0.1) is 0 Å². The number of hydrogen-bond acceptors (Lipinski definition) is 3. The number of nitrogens with zero attached hydrogens (tertiary/aromatic N) is 1. The zero-order valence-electron chi connectivity index (χ0n) is 9.91. The SMILES string of the molecule is CSCCCCCNC(=O)c1ccncc1Cl. The van der Waals surface area contributed by atoms with Crippen LogP contribution in [0.3, 0.4) is 0 Å². The first-order chi connectivity index (χ1) is 8.25. The summed E-state index contributed by atoms with van der Waals surface area (Å²) < 4.78 is 0. The second kappa shape index (κ2) is 8.37. The Labute approximate surface area is 111 Å². The molecule has 5 heteroatoms. The molecule has 0 saturated carbocycles. The van der Waals surface area contributed by atoms with Crippen molar-refractivity contribution in [2.75, 3.05) is 18.6 Å². The van der Waals surface area contributed by atoms with Crippen LogP contribution in [0.4, 0.5) is 0 Å². The van der Waals surface area contributed by atoms with Gasteiger partial charge in [0.15, 0.2) is 0 Å². The van der Waals surface area contributed by atoms with Gasteiger partial charge in [0, 0.05) is 18.9 Å². The Morgan fingerprint density at radius 1 is 1.47 bits per heavy atom. The predicted molar refractivity (Wildman–Crippen MR) is 73.8 cm³/mol. The molecule has 17 heavy (non-hydrogen) atoms. The molecule has 0 radical (unpaired) electrons. The lowest BCUT2D eigenvalue weighted by Crippen LogP contribution is -2.24. The molecule has 0 saturated heterocycles. The predicted octanol–water partition coefficient (Wildman–Crippen LogP) is 3.00. The van der Waals surface area contributed by atoms with Crippen molar-refractivity contribution in [3.05, 3.63) is 29.0 Å². The number of amides is 1. The monoisotopic (exact) mass is 272 g/mol. The third kappa shape index (κ3) is 5.41. The van der Waals surface area contributed by atoms with Crippen LogP contribution in [0.25, 0.3) is 0 Å². The first-order valence-electron chi connectivity index (χ1n) is 5.62. The average Bonchev–Trinajstić information content (AvgIpc) is 2.34. The summed E-state index contributed by atoms with van der Waals surface area (Å²) in [5, 5.41) is 3.25. The number of rotatable bonds is 7. The van der Waals surface area contributed by atoms with Gasteiger partial charge in [-0.15, -0.1) is 0 Å². The van der Waals surface area contributed by atoms with Crippen molar-refractivity contribution in [1.29, 1.82) is 0 Å². The van der Waals surface area contributed by atoms with Crippen LogP contribution >= 0.6 is 23.4 Å². The van der Waals surface area contributed by atoms with Gasteiger partial charge >= 0.3 is 0 Å². The van der Waals surface area contributed by atoms with E-state index in [4.69, 9.17) is 11.6 Å². The highest BCUT2D eigenvalue weighted by Gasteiger charge is 2.08. The molecule has 1 rings (SSSR count). The van der Waals surface area contributed by atoms with Crippen molar-refractivity contribution < 1.29 is 4.79 Å². The van der Waals surface area contributed by atoms with E-state index in [0.717, 1.165) is 12.8 Å². The minimum Gasteiger partial charge on any atom is -0.352 e. The van der Waals surface area contributed by atoms with E-state index in [1.165, 1.54) is 18.4 Å². The maximum Gasteiger partial charge on any atom is 0.252 e.